The summed E-state index contributed by atoms with van der Waals surface area (Å²) < 4.78 is 34.4. The highest BCUT2D eigenvalue weighted by molar-refractivity contribution is 8.15. The Morgan fingerprint density at radius 1 is 1.22 bits per heavy atom. The summed E-state index contributed by atoms with van der Waals surface area (Å²) in [6.07, 6.45) is 3.81. The predicted molar refractivity (Wildman–Crippen MR) is 120 cm³/mol. The van der Waals surface area contributed by atoms with E-state index in [-0.39, 0.29) is 11.5 Å². The molecule has 3 aliphatic rings. The van der Waals surface area contributed by atoms with E-state index in [1.54, 1.807) is 0 Å². The van der Waals surface area contributed by atoms with Crippen LogP contribution in [0.1, 0.15) is 43.2 Å². The summed E-state index contributed by atoms with van der Waals surface area (Å²) in [7, 11) is 0. The van der Waals surface area contributed by atoms with E-state index < -0.39 is 16.5 Å². The molecule has 1 spiro atoms. The van der Waals surface area contributed by atoms with Gasteiger partial charge in [0.1, 0.15) is 27.3 Å². The van der Waals surface area contributed by atoms with Gasteiger partial charge in [-0.2, -0.15) is 5.10 Å². The van der Waals surface area contributed by atoms with Crippen LogP contribution in [0.15, 0.2) is 47.6 Å². The third-order valence-electron chi connectivity index (χ3n) is 6.43. The summed E-state index contributed by atoms with van der Waals surface area (Å²) in [5.41, 5.74) is 0.911. The molecule has 1 fully saturated rings. The van der Waals surface area contributed by atoms with E-state index >= 15 is 0 Å². The minimum Gasteiger partial charge on any atom is -0.493 e. The van der Waals surface area contributed by atoms with E-state index in [1.165, 1.54) is 16.8 Å². The number of ether oxygens (including phenoxy) is 1. The van der Waals surface area contributed by atoms with Crippen molar-refractivity contribution in [2.24, 2.45) is 11.0 Å². The van der Waals surface area contributed by atoms with E-state index in [2.05, 4.69) is 10.4 Å². The third kappa shape index (κ3) is 3.90. The number of amides is 1. The number of fused-ring (bicyclic) bond motifs is 2. The van der Waals surface area contributed by atoms with E-state index in [0.717, 1.165) is 56.1 Å². The van der Waals surface area contributed by atoms with Crippen LogP contribution in [-0.2, 0) is 9.67 Å². The minimum atomic E-state index is -0.825. The first-order valence-corrected chi connectivity index (χ1v) is 11.9. The molecule has 1 atom stereocenters. The lowest BCUT2D eigenvalue weighted by molar-refractivity contribution is -0.135. The second-order valence-electron chi connectivity index (χ2n) is 8.45. The van der Waals surface area contributed by atoms with Crippen molar-refractivity contribution in [2.45, 2.75) is 37.0 Å². The molecule has 0 radical (unpaired) electrons. The Kier molecular flexibility index (Phi) is 5.90. The van der Waals surface area contributed by atoms with E-state index in [1.807, 2.05) is 24.3 Å². The van der Waals surface area contributed by atoms with Gasteiger partial charge >= 0.3 is 0 Å². The van der Waals surface area contributed by atoms with Crippen molar-refractivity contribution in [1.29, 1.82) is 0 Å². The lowest BCUT2D eigenvalue weighted by Crippen LogP contribution is -2.44. The van der Waals surface area contributed by atoms with E-state index in [0.29, 0.717) is 36.2 Å². The second kappa shape index (κ2) is 8.83. The van der Waals surface area contributed by atoms with Crippen LogP contribution >= 0.6 is 11.8 Å². The van der Waals surface area contributed by atoms with Gasteiger partial charge in [-0.1, -0.05) is 30.0 Å². The summed E-state index contributed by atoms with van der Waals surface area (Å²) in [4.78, 5) is 12.7. The zero-order chi connectivity index (χ0) is 22.1. The number of hydrazone groups is 1. The van der Waals surface area contributed by atoms with Gasteiger partial charge < -0.3 is 10.1 Å². The van der Waals surface area contributed by atoms with Gasteiger partial charge in [-0.25, -0.2) is 13.8 Å². The van der Waals surface area contributed by atoms with Crippen LogP contribution in [0.4, 0.5) is 8.78 Å². The van der Waals surface area contributed by atoms with Gasteiger partial charge in [0.15, 0.2) is 0 Å². The molecule has 0 aliphatic carbocycles. The maximum atomic E-state index is 14.6. The topological polar surface area (TPSA) is 53.9 Å². The largest absolute Gasteiger partial charge is 0.493 e. The first-order valence-electron chi connectivity index (χ1n) is 11.1. The SMILES string of the molecule is O=C(CCC1CCNCC1)N1N=C(c2cc(F)ccc2F)SC12CCOc1ccccc12. The van der Waals surface area contributed by atoms with Crippen LogP contribution in [0.5, 0.6) is 5.75 Å². The van der Waals surface area contributed by atoms with Crippen LogP contribution in [-0.4, -0.2) is 35.7 Å². The lowest BCUT2D eigenvalue weighted by Gasteiger charge is -2.39. The van der Waals surface area contributed by atoms with Crippen LogP contribution < -0.4 is 10.1 Å². The first-order chi connectivity index (χ1) is 15.6. The smallest absolute Gasteiger partial charge is 0.244 e. The number of para-hydroxylation sites is 1. The Morgan fingerprint density at radius 2 is 2.03 bits per heavy atom. The first kappa shape index (κ1) is 21.4. The van der Waals surface area contributed by atoms with Gasteiger partial charge in [0.25, 0.3) is 0 Å². The van der Waals surface area contributed by atoms with Gasteiger partial charge in [-0.05, 0) is 62.5 Å². The molecule has 0 bridgehead atoms. The highest BCUT2D eigenvalue weighted by Gasteiger charge is 2.51. The Morgan fingerprint density at radius 3 is 2.88 bits per heavy atom. The fraction of sp³-hybridized carbons (Fsp3) is 0.417. The van der Waals surface area contributed by atoms with Crippen LogP contribution in [0.2, 0.25) is 0 Å². The number of hydrogen-bond acceptors (Lipinski definition) is 5. The van der Waals surface area contributed by atoms with Crippen LogP contribution in [0.25, 0.3) is 0 Å². The van der Waals surface area contributed by atoms with Crippen molar-refractivity contribution in [3.05, 3.63) is 65.2 Å². The van der Waals surface area contributed by atoms with Crippen LogP contribution in [0.3, 0.4) is 0 Å². The van der Waals surface area contributed by atoms with Gasteiger partial charge in [0, 0.05) is 24.0 Å². The Bertz CT molecular complexity index is 1060. The molecule has 0 aromatic heterocycles. The molecule has 2 aromatic rings. The number of halogens is 2. The number of rotatable bonds is 4. The Hall–Kier alpha value is -2.45. The van der Waals surface area contributed by atoms with Crippen LogP contribution in [0, 0.1) is 17.6 Å². The van der Waals surface area contributed by atoms with Gasteiger partial charge in [-0.15, -0.1) is 0 Å². The molecule has 1 unspecified atom stereocenters. The zero-order valence-electron chi connectivity index (χ0n) is 17.7. The number of nitrogens with one attached hydrogen (secondary N) is 1. The molecule has 1 amide bonds. The van der Waals surface area contributed by atoms with Crippen molar-refractivity contribution in [3.63, 3.8) is 0 Å². The summed E-state index contributed by atoms with van der Waals surface area (Å²) in [5.74, 6) is 0.00886. The fourth-order valence-corrected chi connectivity index (χ4v) is 6.10. The molecule has 3 heterocycles. The third-order valence-corrected chi connectivity index (χ3v) is 7.85. The van der Waals surface area contributed by atoms with Gasteiger partial charge in [-0.3, -0.25) is 4.79 Å². The summed E-state index contributed by atoms with van der Waals surface area (Å²) in [6, 6.07) is 10.9. The molecule has 2 aromatic carbocycles. The number of hydrogen-bond donors (Lipinski definition) is 1. The quantitative estimate of drug-likeness (QED) is 0.728. The number of carbonyl (C=O) groups excluding carboxylic acids is 1. The van der Waals surface area contributed by atoms with E-state index in [4.69, 9.17) is 4.74 Å². The van der Waals surface area contributed by atoms with Crippen molar-refractivity contribution in [1.82, 2.24) is 10.3 Å². The maximum Gasteiger partial charge on any atom is 0.244 e. The van der Waals surface area contributed by atoms with Crippen molar-refractivity contribution in [3.8, 4) is 5.75 Å². The molecule has 1 N–H and O–H groups in total. The molecule has 5 rings (SSSR count). The number of carbonyl (C=O) groups is 1. The van der Waals surface area contributed by atoms with Gasteiger partial charge in [0.05, 0.1) is 6.61 Å². The molecule has 0 saturated carbocycles. The predicted octanol–water partition coefficient (Wildman–Crippen LogP) is 4.62. The summed E-state index contributed by atoms with van der Waals surface area (Å²) >= 11 is 1.31. The fourth-order valence-electron chi connectivity index (χ4n) is 4.70. The number of nitrogens with zero attached hydrogens (tertiary/aromatic N) is 2. The molecule has 8 heteroatoms. The standard InChI is InChI=1S/C24H25F2N3O2S/c25-17-6-7-20(26)18(15-17)23-28-29(22(30)8-5-16-9-12-27-13-10-16)24(32-23)11-14-31-21-4-2-1-3-19(21)24/h1-4,6-7,15-16,27H,5,8-14H2. The molecule has 1 saturated heterocycles. The Labute approximate surface area is 190 Å². The molecule has 32 heavy (non-hydrogen) atoms. The number of piperidine rings is 1. The summed E-state index contributed by atoms with van der Waals surface area (Å²) in [6.45, 7) is 2.37. The normalized spacial score (nSPS) is 23.1. The molecular formula is C24H25F2N3O2S. The molecule has 3 aliphatic heterocycles. The zero-order valence-corrected chi connectivity index (χ0v) is 18.5. The summed E-state index contributed by atoms with van der Waals surface area (Å²) in [5, 5.41) is 9.76. The van der Waals surface area contributed by atoms with Gasteiger partial charge in [0.2, 0.25) is 5.91 Å². The highest BCUT2D eigenvalue weighted by atomic mass is 32.2. The second-order valence-corrected chi connectivity index (χ2v) is 9.71. The highest BCUT2D eigenvalue weighted by Crippen LogP contribution is 2.54. The lowest BCUT2D eigenvalue weighted by atomic mass is 9.92. The monoisotopic (exact) mass is 457 g/mol. The average molecular weight is 458 g/mol. The maximum absolute atomic E-state index is 14.6. The van der Waals surface area contributed by atoms with Crippen molar-refractivity contribution in [2.75, 3.05) is 19.7 Å². The van der Waals surface area contributed by atoms with Crippen molar-refractivity contribution < 1.29 is 18.3 Å². The van der Waals surface area contributed by atoms with Crippen molar-refractivity contribution >= 4 is 22.7 Å². The van der Waals surface area contributed by atoms with E-state index in [9.17, 15) is 13.6 Å². The molecule has 5 nitrogen and oxygen atoms in total. The Balaban J connectivity index is 1.50. The molecule has 168 valence electrons. The minimum absolute atomic E-state index is 0.0759. The molecular weight excluding hydrogens is 432 g/mol. The number of thioether (sulfide) groups is 1. The number of benzene rings is 2. The average Bonchev–Trinajstić information content (AvgIpc) is 3.20.